The third-order valence-corrected chi connectivity index (χ3v) is 8.03. The number of rotatable bonds is 3. The molecule has 0 heterocycles. The van der Waals surface area contributed by atoms with Crippen molar-refractivity contribution in [1.29, 1.82) is 0 Å². The molecule has 134 valence electrons. The Morgan fingerprint density at radius 1 is 0.500 bits per heavy atom. The molecule has 5 aromatic carbocycles. The number of hydrogen-bond acceptors (Lipinski definition) is 0. The second-order valence-corrected chi connectivity index (χ2v) is 9.96. The Kier molecular flexibility index (Phi) is 4.61. The molecule has 0 saturated heterocycles. The topological polar surface area (TPSA) is 0 Å². The Hall–Kier alpha value is -2.65. The lowest BCUT2D eigenvalue weighted by Crippen LogP contribution is -3.61. The first-order valence-corrected chi connectivity index (χ1v) is 11.7. The quantitative estimate of drug-likeness (QED) is 0.348. The Balaban J connectivity index is 1.86. The van der Waals surface area contributed by atoms with Gasteiger partial charge in [-0.25, -0.2) is 0 Å². The molecule has 0 N–H and O–H groups in total. The summed E-state index contributed by atoms with van der Waals surface area (Å²) in [5.41, 5.74) is 4.15. The zero-order chi connectivity index (χ0) is 18.9. The van der Waals surface area contributed by atoms with Gasteiger partial charge in [0.05, 0.1) is 0 Å². The van der Waals surface area contributed by atoms with E-state index in [1.807, 2.05) is 0 Å². The van der Waals surface area contributed by atoms with E-state index in [0.717, 1.165) is 0 Å². The number of benzene rings is 5. The molecule has 0 fully saturated rings. The van der Waals surface area contributed by atoms with Crippen LogP contribution >= 0.6 is 0 Å². The standard InChI is InChI=1S/C27H20I/c1-19-15-16-20-9-5-7-13-23(20)26(19)27-24-14-8-6-10-21(24)17-18-25(27)28-22-11-3-2-4-12-22/h2-18H,1H3/q+1. The second kappa shape index (κ2) is 7.40. The summed E-state index contributed by atoms with van der Waals surface area (Å²) in [7, 11) is 0. The first-order valence-electron chi connectivity index (χ1n) is 9.51. The van der Waals surface area contributed by atoms with E-state index in [9.17, 15) is 0 Å². The maximum Gasteiger partial charge on any atom is 0.358 e. The highest BCUT2D eigenvalue weighted by molar-refractivity contribution is 6.06. The van der Waals surface area contributed by atoms with E-state index in [1.165, 1.54) is 45.4 Å². The van der Waals surface area contributed by atoms with Crippen LogP contribution in [-0.4, -0.2) is 0 Å². The molecule has 28 heavy (non-hydrogen) atoms. The van der Waals surface area contributed by atoms with Crippen molar-refractivity contribution in [2.75, 3.05) is 0 Å². The minimum absolute atomic E-state index is 0.263. The minimum Gasteiger partial charge on any atom is -0.0619 e. The van der Waals surface area contributed by atoms with Crippen LogP contribution in [-0.2, 0) is 0 Å². The van der Waals surface area contributed by atoms with E-state index in [2.05, 4.69) is 110 Å². The molecule has 1 heteroatoms. The third-order valence-electron chi connectivity index (χ3n) is 5.21. The van der Waals surface area contributed by atoms with Gasteiger partial charge in [0, 0.05) is 5.56 Å². The SMILES string of the molecule is Cc1ccc2ccccc2c1-c1c([I+]c2ccccc2)ccc2ccccc12. The summed E-state index contributed by atoms with van der Waals surface area (Å²) in [5, 5.41) is 5.32. The smallest absolute Gasteiger partial charge is 0.0619 e. The summed E-state index contributed by atoms with van der Waals surface area (Å²) in [5.74, 6) is 0. The van der Waals surface area contributed by atoms with Gasteiger partial charge in [-0.15, -0.1) is 0 Å². The lowest BCUT2D eigenvalue weighted by Gasteiger charge is -2.13. The van der Waals surface area contributed by atoms with Crippen LogP contribution in [0.5, 0.6) is 0 Å². The van der Waals surface area contributed by atoms with Gasteiger partial charge in [-0.05, 0) is 63.9 Å². The van der Waals surface area contributed by atoms with Gasteiger partial charge >= 0.3 is 21.2 Å². The number of hydrogen-bond donors (Lipinski definition) is 0. The summed E-state index contributed by atoms with van der Waals surface area (Å²) in [6.45, 7) is 2.24. The van der Waals surface area contributed by atoms with Gasteiger partial charge in [0.1, 0.15) is 0 Å². The Morgan fingerprint density at radius 3 is 1.79 bits per heavy atom. The van der Waals surface area contributed by atoms with Crippen LogP contribution in [0.3, 0.4) is 0 Å². The van der Waals surface area contributed by atoms with E-state index < -0.39 is 0 Å². The Labute approximate surface area is 176 Å². The van der Waals surface area contributed by atoms with Crippen molar-refractivity contribution < 1.29 is 21.2 Å². The molecular weight excluding hydrogens is 451 g/mol. The van der Waals surface area contributed by atoms with Crippen molar-refractivity contribution in [3.05, 3.63) is 116 Å². The molecule has 0 aliphatic carbocycles. The summed E-state index contributed by atoms with van der Waals surface area (Å²) in [4.78, 5) is 0. The highest BCUT2D eigenvalue weighted by Gasteiger charge is 2.24. The average molecular weight is 471 g/mol. The molecule has 0 aromatic heterocycles. The van der Waals surface area contributed by atoms with E-state index >= 15 is 0 Å². The highest BCUT2D eigenvalue weighted by atomic mass is 127. The molecule has 0 aliphatic rings. The van der Waals surface area contributed by atoms with E-state index in [1.54, 1.807) is 0 Å². The molecule has 0 saturated carbocycles. The van der Waals surface area contributed by atoms with Gasteiger partial charge < -0.3 is 0 Å². The predicted molar refractivity (Wildman–Crippen MR) is 115 cm³/mol. The molecule has 0 bridgehead atoms. The first-order chi connectivity index (χ1) is 13.8. The zero-order valence-corrected chi connectivity index (χ0v) is 17.9. The minimum atomic E-state index is -0.263. The Morgan fingerprint density at radius 2 is 1.07 bits per heavy atom. The highest BCUT2D eigenvalue weighted by Crippen LogP contribution is 2.36. The summed E-state index contributed by atoms with van der Waals surface area (Å²) < 4.78 is 2.94. The van der Waals surface area contributed by atoms with Gasteiger partial charge in [0.25, 0.3) is 0 Å². The summed E-state index contributed by atoms with van der Waals surface area (Å²) in [6.07, 6.45) is 0. The summed E-state index contributed by atoms with van der Waals surface area (Å²) in [6, 6.07) is 37.7. The van der Waals surface area contributed by atoms with Crippen molar-refractivity contribution in [3.8, 4) is 11.1 Å². The van der Waals surface area contributed by atoms with Gasteiger partial charge in [-0.1, -0.05) is 78.9 Å². The molecule has 0 nitrogen and oxygen atoms in total. The van der Waals surface area contributed by atoms with E-state index in [4.69, 9.17) is 0 Å². The van der Waals surface area contributed by atoms with Crippen LogP contribution < -0.4 is 21.2 Å². The van der Waals surface area contributed by atoms with E-state index in [-0.39, 0.29) is 21.2 Å². The summed E-state index contributed by atoms with van der Waals surface area (Å²) >= 11 is -0.263. The molecule has 0 atom stereocenters. The molecule has 5 aromatic rings. The van der Waals surface area contributed by atoms with Crippen molar-refractivity contribution in [1.82, 2.24) is 0 Å². The lowest BCUT2D eigenvalue weighted by molar-refractivity contribution is -0.596. The normalized spacial score (nSPS) is 11.2. The van der Waals surface area contributed by atoms with Crippen LogP contribution in [0.1, 0.15) is 5.56 Å². The van der Waals surface area contributed by atoms with Gasteiger partial charge in [-0.3, -0.25) is 0 Å². The van der Waals surface area contributed by atoms with Crippen molar-refractivity contribution in [2.24, 2.45) is 0 Å². The molecule has 0 unspecified atom stereocenters. The van der Waals surface area contributed by atoms with Crippen LogP contribution in [0, 0.1) is 14.1 Å². The molecule has 0 aliphatic heterocycles. The van der Waals surface area contributed by atoms with Gasteiger partial charge in [0.2, 0.25) is 3.57 Å². The average Bonchev–Trinajstić information content (AvgIpc) is 2.75. The number of aryl methyl sites for hydroxylation is 1. The van der Waals surface area contributed by atoms with Gasteiger partial charge in [-0.2, -0.15) is 0 Å². The maximum atomic E-state index is 2.36. The van der Waals surface area contributed by atoms with Crippen LogP contribution in [0.25, 0.3) is 32.7 Å². The molecule has 0 radical (unpaired) electrons. The fraction of sp³-hybridized carbons (Fsp3) is 0.0370. The number of halogens is 1. The molecular formula is C27H20I+. The largest absolute Gasteiger partial charge is 0.358 e. The van der Waals surface area contributed by atoms with Crippen LogP contribution in [0.4, 0.5) is 0 Å². The van der Waals surface area contributed by atoms with Crippen molar-refractivity contribution >= 4 is 21.5 Å². The third kappa shape index (κ3) is 3.10. The Bertz CT molecular complexity index is 1290. The van der Waals surface area contributed by atoms with Crippen LogP contribution in [0.15, 0.2) is 103 Å². The fourth-order valence-corrected chi connectivity index (χ4v) is 6.52. The molecule has 5 rings (SSSR count). The monoisotopic (exact) mass is 471 g/mol. The predicted octanol–water partition coefficient (Wildman–Crippen LogP) is 4.10. The van der Waals surface area contributed by atoms with E-state index in [0.29, 0.717) is 0 Å². The lowest BCUT2D eigenvalue weighted by atomic mass is 9.91. The van der Waals surface area contributed by atoms with Crippen molar-refractivity contribution in [3.63, 3.8) is 0 Å². The number of fused-ring (bicyclic) bond motifs is 2. The van der Waals surface area contributed by atoms with Crippen molar-refractivity contribution in [2.45, 2.75) is 6.92 Å². The zero-order valence-electron chi connectivity index (χ0n) is 15.7. The van der Waals surface area contributed by atoms with Gasteiger partial charge in [0.15, 0.2) is 3.57 Å². The van der Waals surface area contributed by atoms with Crippen LogP contribution in [0.2, 0.25) is 0 Å². The molecule has 0 amide bonds. The maximum absolute atomic E-state index is 2.36. The fourth-order valence-electron chi connectivity index (χ4n) is 3.89. The first kappa shape index (κ1) is 17.4. The molecule has 0 spiro atoms. The second-order valence-electron chi connectivity index (χ2n) is 7.01.